The molecule has 154 valence electrons. The van der Waals surface area contributed by atoms with Crippen molar-refractivity contribution in [2.24, 2.45) is 0 Å². The van der Waals surface area contributed by atoms with Crippen LogP contribution in [0.4, 0.5) is 13.2 Å². The fourth-order valence-electron chi connectivity index (χ4n) is 2.54. The Morgan fingerprint density at radius 2 is 1.80 bits per heavy atom. The van der Waals surface area contributed by atoms with Gasteiger partial charge in [-0.25, -0.2) is 0 Å². The molecule has 0 radical (unpaired) electrons. The van der Waals surface area contributed by atoms with Crippen LogP contribution in [0.5, 0.6) is 0 Å². The van der Waals surface area contributed by atoms with Crippen LogP contribution >= 0.6 is 35.0 Å². The van der Waals surface area contributed by atoms with Gasteiger partial charge in [-0.15, -0.1) is 15.3 Å². The number of thioether (sulfide) groups is 1. The van der Waals surface area contributed by atoms with Crippen LogP contribution < -0.4 is 0 Å². The highest BCUT2D eigenvalue weighted by Crippen LogP contribution is 2.36. The van der Waals surface area contributed by atoms with E-state index in [-0.39, 0.29) is 33.4 Å². The van der Waals surface area contributed by atoms with E-state index in [0.29, 0.717) is 10.6 Å². The molecule has 0 saturated carbocycles. The van der Waals surface area contributed by atoms with Gasteiger partial charge in [0.25, 0.3) is 5.22 Å². The first-order valence-corrected chi connectivity index (χ1v) is 9.92. The van der Waals surface area contributed by atoms with Crippen LogP contribution in [0.15, 0.2) is 52.1 Å². The van der Waals surface area contributed by atoms with Crippen molar-refractivity contribution in [1.82, 2.24) is 30.4 Å². The molecule has 0 bridgehead atoms. The molecule has 0 saturated heterocycles. The standard InChI is InChI=1S/C17H9Cl2F3N6OS/c18-10-3-1-2-9(6-10)15-24-25-16(29-15)30-8-14-23-26-27-28(14)13-5-4-11(19)7-12(13)17(20,21)22/h1-7H,8H2. The van der Waals surface area contributed by atoms with Gasteiger partial charge >= 0.3 is 6.18 Å². The van der Waals surface area contributed by atoms with E-state index in [4.69, 9.17) is 27.6 Å². The molecule has 4 rings (SSSR count). The summed E-state index contributed by atoms with van der Waals surface area (Å²) in [4.78, 5) is 0. The van der Waals surface area contributed by atoms with Crippen LogP contribution in [0.25, 0.3) is 17.1 Å². The lowest BCUT2D eigenvalue weighted by Crippen LogP contribution is -2.13. The van der Waals surface area contributed by atoms with Crippen molar-refractivity contribution in [2.45, 2.75) is 17.2 Å². The summed E-state index contributed by atoms with van der Waals surface area (Å²) in [5, 5.41) is 19.5. The zero-order chi connectivity index (χ0) is 21.3. The van der Waals surface area contributed by atoms with E-state index in [1.807, 2.05) is 0 Å². The number of alkyl halides is 3. The van der Waals surface area contributed by atoms with Crippen LogP contribution in [-0.2, 0) is 11.9 Å². The first-order valence-electron chi connectivity index (χ1n) is 8.18. The number of rotatable bonds is 5. The Balaban J connectivity index is 1.56. The molecule has 0 spiro atoms. The highest BCUT2D eigenvalue weighted by Gasteiger charge is 2.35. The van der Waals surface area contributed by atoms with Gasteiger partial charge in [-0.2, -0.15) is 17.9 Å². The number of tetrazole rings is 1. The topological polar surface area (TPSA) is 82.5 Å². The van der Waals surface area contributed by atoms with Crippen molar-refractivity contribution < 1.29 is 17.6 Å². The zero-order valence-corrected chi connectivity index (χ0v) is 17.0. The quantitative estimate of drug-likeness (QED) is 0.363. The monoisotopic (exact) mass is 472 g/mol. The Hall–Kier alpha value is -2.63. The van der Waals surface area contributed by atoms with Crippen LogP contribution in [0, 0.1) is 0 Å². The number of nitrogens with zero attached hydrogens (tertiary/aromatic N) is 6. The molecule has 2 aromatic carbocycles. The second-order valence-electron chi connectivity index (χ2n) is 5.84. The average Bonchev–Trinajstić information content (AvgIpc) is 3.35. The highest BCUT2D eigenvalue weighted by atomic mass is 35.5. The van der Waals surface area contributed by atoms with E-state index < -0.39 is 11.7 Å². The lowest BCUT2D eigenvalue weighted by molar-refractivity contribution is -0.137. The predicted octanol–water partition coefficient (Wildman–Crippen LogP) is 5.33. The Morgan fingerprint density at radius 1 is 1.00 bits per heavy atom. The van der Waals surface area contributed by atoms with Crippen molar-refractivity contribution >= 4 is 35.0 Å². The molecule has 0 aliphatic rings. The van der Waals surface area contributed by atoms with E-state index in [0.717, 1.165) is 22.5 Å². The minimum Gasteiger partial charge on any atom is -0.411 e. The molecular weight excluding hydrogens is 464 g/mol. The van der Waals surface area contributed by atoms with Crippen molar-refractivity contribution in [3.8, 4) is 17.1 Å². The van der Waals surface area contributed by atoms with Gasteiger partial charge in [-0.1, -0.05) is 41.0 Å². The molecule has 7 nitrogen and oxygen atoms in total. The van der Waals surface area contributed by atoms with Crippen LogP contribution in [0.3, 0.4) is 0 Å². The second-order valence-corrected chi connectivity index (χ2v) is 7.64. The van der Waals surface area contributed by atoms with E-state index in [9.17, 15) is 13.2 Å². The Morgan fingerprint density at radius 3 is 2.57 bits per heavy atom. The van der Waals surface area contributed by atoms with Gasteiger partial charge in [0.2, 0.25) is 5.89 Å². The van der Waals surface area contributed by atoms with Gasteiger partial charge in [0.15, 0.2) is 5.82 Å². The van der Waals surface area contributed by atoms with Gasteiger partial charge in [0.1, 0.15) is 0 Å². The van der Waals surface area contributed by atoms with E-state index >= 15 is 0 Å². The van der Waals surface area contributed by atoms with Crippen molar-refractivity contribution in [1.29, 1.82) is 0 Å². The summed E-state index contributed by atoms with van der Waals surface area (Å²) in [6, 6.07) is 10.2. The molecule has 30 heavy (non-hydrogen) atoms. The smallest absolute Gasteiger partial charge is 0.411 e. The maximum Gasteiger partial charge on any atom is 0.418 e. The summed E-state index contributed by atoms with van der Waals surface area (Å²) < 4.78 is 46.8. The SMILES string of the molecule is FC(F)(F)c1cc(Cl)ccc1-n1nnnc1CSc1nnc(-c2cccc(Cl)c2)o1. The summed E-state index contributed by atoms with van der Waals surface area (Å²) >= 11 is 12.8. The van der Waals surface area contributed by atoms with Gasteiger partial charge in [-0.3, -0.25) is 0 Å². The maximum absolute atomic E-state index is 13.4. The van der Waals surface area contributed by atoms with E-state index in [2.05, 4.69) is 25.7 Å². The number of hydrogen-bond donors (Lipinski definition) is 0. The third-order valence-electron chi connectivity index (χ3n) is 3.83. The summed E-state index contributed by atoms with van der Waals surface area (Å²) in [6.45, 7) is 0. The number of hydrogen-bond acceptors (Lipinski definition) is 7. The number of benzene rings is 2. The minimum absolute atomic E-state index is 0.0468. The molecule has 2 aromatic heterocycles. The normalized spacial score (nSPS) is 11.8. The molecule has 0 unspecified atom stereocenters. The largest absolute Gasteiger partial charge is 0.418 e. The third kappa shape index (κ3) is 4.42. The fourth-order valence-corrected chi connectivity index (χ4v) is 3.57. The first-order chi connectivity index (χ1) is 14.3. The maximum atomic E-state index is 13.4. The first kappa shape index (κ1) is 20.6. The number of halogens is 5. The highest BCUT2D eigenvalue weighted by molar-refractivity contribution is 7.98. The molecule has 4 aromatic rings. The Kier molecular flexibility index (Phi) is 5.67. The minimum atomic E-state index is -4.63. The molecule has 2 heterocycles. The molecule has 0 atom stereocenters. The molecule has 0 amide bonds. The number of aromatic nitrogens is 6. The van der Waals surface area contributed by atoms with Crippen LogP contribution in [0.2, 0.25) is 10.0 Å². The Bertz CT molecular complexity index is 1200. The predicted molar refractivity (Wildman–Crippen MR) is 103 cm³/mol. The van der Waals surface area contributed by atoms with E-state index in [1.165, 1.54) is 12.1 Å². The van der Waals surface area contributed by atoms with Gasteiger partial charge in [0, 0.05) is 15.6 Å². The lowest BCUT2D eigenvalue weighted by atomic mass is 10.1. The van der Waals surface area contributed by atoms with Gasteiger partial charge < -0.3 is 4.42 Å². The molecule has 0 aliphatic heterocycles. The molecule has 0 fully saturated rings. The van der Waals surface area contributed by atoms with E-state index in [1.54, 1.807) is 24.3 Å². The summed E-state index contributed by atoms with van der Waals surface area (Å²) in [5.74, 6) is 0.511. The molecule has 0 N–H and O–H groups in total. The third-order valence-corrected chi connectivity index (χ3v) is 5.11. The molecule has 0 aliphatic carbocycles. The Labute approximate surface area is 181 Å². The van der Waals surface area contributed by atoms with Gasteiger partial charge in [-0.05, 0) is 46.8 Å². The van der Waals surface area contributed by atoms with Crippen molar-refractivity contribution in [3.05, 3.63) is 63.9 Å². The average molecular weight is 473 g/mol. The summed E-state index contributed by atoms with van der Waals surface area (Å²) in [6.07, 6.45) is -4.63. The summed E-state index contributed by atoms with van der Waals surface area (Å²) in [7, 11) is 0. The zero-order valence-electron chi connectivity index (χ0n) is 14.6. The summed E-state index contributed by atoms with van der Waals surface area (Å²) in [5.41, 5.74) is -0.546. The molecular formula is C17H9Cl2F3N6OS. The van der Waals surface area contributed by atoms with Crippen LogP contribution in [-0.4, -0.2) is 30.4 Å². The second kappa shape index (κ2) is 8.25. The molecule has 13 heteroatoms. The van der Waals surface area contributed by atoms with Crippen molar-refractivity contribution in [2.75, 3.05) is 0 Å². The fraction of sp³-hybridized carbons (Fsp3) is 0.118. The van der Waals surface area contributed by atoms with Crippen LogP contribution in [0.1, 0.15) is 11.4 Å². The van der Waals surface area contributed by atoms with Crippen molar-refractivity contribution in [3.63, 3.8) is 0 Å². The lowest BCUT2D eigenvalue weighted by Gasteiger charge is -2.13. The van der Waals surface area contributed by atoms with Gasteiger partial charge in [0.05, 0.1) is 17.0 Å².